The van der Waals surface area contributed by atoms with Gasteiger partial charge in [-0.25, -0.2) is 4.98 Å². The first kappa shape index (κ1) is 17.9. The van der Waals surface area contributed by atoms with Crippen LogP contribution >= 0.6 is 11.8 Å². The molecule has 0 aliphatic carbocycles. The van der Waals surface area contributed by atoms with Gasteiger partial charge in [0.05, 0.1) is 29.9 Å². The van der Waals surface area contributed by atoms with Gasteiger partial charge in [-0.1, -0.05) is 30.8 Å². The molecule has 1 aliphatic rings. The lowest BCUT2D eigenvalue weighted by molar-refractivity contribution is -0.132. The highest BCUT2D eigenvalue weighted by Crippen LogP contribution is 2.22. The summed E-state index contributed by atoms with van der Waals surface area (Å²) in [5, 5.41) is 1.23. The van der Waals surface area contributed by atoms with Gasteiger partial charge < -0.3 is 9.64 Å². The lowest BCUT2D eigenvalue weighted by atomic mass is 10.2. The van der Waals surface area contributed by atoms with Crippen molar-refractivity contribution in [3.63, 3.8) is 0 Å². The highest BCUT2D eigenvalue weighted by Gasteiger charge is 2.20. The summed E-state index contributed by atoms with van der Waals surface area (Å²) >= 11 is 1.34. The van der Waals surface area contributed by atoms with Crippen LogP contribution in [0.2, 0.25) is 0 Å². The molecule has 3 rings (SSSR count). The molecule has 1 aromatic heterocycles. The maximum absolute atomic E-state index is 12.9. The van der Waals surface area contributed by atoms with Gasteiger partial charge in [0, 0.05) is 19.1 Å². The molecule has 0 unspecified atom stereocenters. The Bertz CT molecular complexity index is 815. The van der Waals surface area contributed by atoms with Gasteiger partial charge in [0.25, 0.3) is 5.56 Å². The molecule has 0 N–H and O–H groups in total. The van der Waals surface area contributed by atoms with Crippen LogP contribution in [0.15, 0.2) is 34.2 Å². The van der Waals surface area contributed by atoms with E-state index in [0.29, 0.717) is 42.4 Å². The molecule has 6 nitrogen and oxygen atoms in total. The third-order valence-corrected chi connectivity index (χ3v) is 5.43. The van der Waals surface area contributed by atoms with E-state index in [1.54, 1.807) is 10.6 Å². The van der Waals surface area contributed by atoms with E-state index < -0.39 is 0 Å². The number of nitrogens with zero attached hydrogens (tertiary/aromatic N) is 3. The fourth-order valence-electron chi connectivity index (χ4n) is 2.83. The molecular weight excluding hydrogens is 338 g/mol. The van der Waals surface area contributed by atoms with Gasteiger partial charge >= 0.3 is 0 Å². The number of morpholine rings is 1. The highest BCUT2D eigenvalue weighted by atomic mass is 32.2. The Labute approximate surface area is 151 Å². The number of hydrogen-bond donors (Lipinski definition) is 0. The fraction of sp³-hybridized carbons (Fsp3) is 0.500. The number of benzene rings is 1. The van der Waals surface area contributed by atoms with E-state index in [1.165, 1.54) is 11.8 Å². The monoisotopic (exact) mass is 361 g/mol. The summed E-state index contributed by atoms with van der Waals surface area (Å²) in [6.07, 6.45) is 0.824. The molecule has 25 heavy (non-hydrogen) atoms. The average molecular weight is 361 g/mol. The SMILES string of the molecule is CC[C@H](C)n1c(SCC(=O)N2CCOCC2)nc2ccccc2c1=O. The molecule has 1 amide bonds. The number of amides is 1. The quantitative estimate of drug-likeness (QED) is 0.604. The summed E-state index contributed by atoms with van der Waals surface area (Å²) in [6.45, 7) is 6.47. The molecule has 0 bridgehead atoms. The summed E-state index contributed by atoms with van der Waals surface area (Å²) in [5.41, 5.74) is 0.634. The fourth-order valence-corrected chi connectivity index (χ4v) is 3.83. The Hall–Kier alpha value is -1.86. The number of thioether (sulfide) groups is 1. The van der Waals surface area contributed by atoms with Crippen molar-refractivity contribution in [3.05, 3.63) is 34.6 Å². The molecule has 1 fully saturated rings. The Morgan fingerprint density at radius 3 is 2.76 bits per heavy atom. The van der Waals surface area contributed by atoms with Crippen LogP contribution in [-0.2, 0) is 9.53 Å². The smallest absolute Gasteiger partial charge is 0.262 e. The van der Waals surface area contributed by atoms with Crippen LogP contribution in [0.25, 0.3) is 10.9 Å². The standard InChI is InChI=1S/C18H23N3O3S/c1-3-13(2)21-17(23)14-6-4-5-7-15(14)19-18(21)25-12-16(22)20-8-10-24-11-9-20/h4-7,13H,3,8-12H2,1-2H3/t13-/m0/s1. The van der Waals surface area contributed by atoms with Crippen molar-refractivity contribution in [2.45, 2.75) is 31.5 Å². The lowest BCUT2D eigenvalue weighted by Crippen LogP contribution is -2.41. The number of aromatic nitrogens is 2. The number of ether oxygens (including phenoxy) is 1. The van der Waals surface area contributed by atoms with Gasteiger partial charge in [-0.2, -0.15) is 0 Å². The summed E-state index contributed by atoms with van der Waals surface area (Å²) in [6, 6.07) is 7.39. The maximum Gasteiger partial charge on any atom is 0.262 e. The Balaban J connectivity index is 1.88. The molecule has 2 aromatic rings. The van der Waals surface area contributed by atoms with E-state index >= 15 is 0 Å². The number of fused-ring (bicyclic) bond motifs is 1. The Kier molecular flexibility index (Phi) is 5.75. The minimum Gasteiger partial charge on any atom is -0.378 e. The van der Waals surface area contributed by atoms with Crippen molar-refractivity contribution >= 4 is 28.6 Å². The van der Waals surface area contributed by atoms with Crippen LogP contribution < -0.4 is 5.56 Å². The predicted octanol–water partition coefficient (Wildman–Crippen LogP) is 2.32. The zero-order valence-corrected chi connectivity index (χ0v) is 15.4. The molecule has 2 heterocycles. The number of rotatable bonds is 5. The Morgan fingerprint density at radius 1 is 1.32 bits per heavy atom. The third-order valence-electron chi connectivity index (χ3n) is 4.50. The molecular formula is C18H23N3O3S. The highest BCUT2D eigenvalue weighted by molar-refractivity contribution is 7.99. The number of carbonyl (C=O) groups excluding carboxylic acids is 1. The lowest BCUT2D eigenvalue weighted by Gasteiger charge is -2.27. The number of carbonyl (C=O) groups is 1. The molecule has 7 heteroatoms. The van der Waals surface area contributed by atoms with Crippen molar-refractivity contribution in [3.8, 4) is 0 Å². The van der Waals surface area contributed by atoms with Crippen LogP contribution in [-0.4, -0.2) is 52.4 Å². The van der Waals surface area contributed by atoms with Gasteiger partial charge in [0.15, 0.2) is 5.16 Å². The summed E-state index contributed by atoms with van der Waals surface area (Å²) < 4.78 is 7.01. The van der Waals surface area contributed by atoms with Crippen molar-refractivity contribution in [2.75, 3.05) is 32.1 Å². The van der Waals surface area contributed by atoms with Crippen molar-refractivity contribution in [1.82, 2.24) is 14.5 Å². The minimum absolute atomic E-state index is 0.0330. The van der Waals surface area contributed by atoms with Crippen LogP contribution in [0.1, 0.15) is 26.3 Å². The van der Waals surface area contributed by atoms with Crippen LogP contribution in [0.5, 0.6) is 0 Å². The molecule has 1 atom stereocenters. The van der Waals surface area contributed by atoms with E-state index in [2.05, 4.69) is 4.98 Å². The normalized spacial score (nSPS) is 16.2. The zero-order valence-electron chi connectivity index (χ0n) is 14.6. The van der Waals surface area contributed by atoms with Crippen molar-refractivity contribution in [2.24, 2.45) is 0 Å². The molecule has 0 saturated carbocycles. The first-order valence-electron chi connectivity index (χ1n) is 8.61. The van der Waals surface area contributed by atoms with Crippen molar-refractivity contribution in [1.29, 1.82) is 0 Å². The van der Waals surface area contributed by atoms with Crippen molar-refractivity contribution < 1.29 is 9.53 Å². The number of para-hydroxylation sites is 1. The second-order valence-corrected chi connectivity index (χ2v) is 7.07. The number of hydrogen-bond acceptors (Lipinski definition) is 5. The second kappa shape index (κ2) is 8.01. The molecule has 0 spiro atoms. The Morgan fingerprint density at radius 2 is 2.04 bits per heavy atom. The van der Waals surface area contributed by atoms with Crippen LogP contribution in [0, 0.1) is 0 Å². The van der Waals surface area contributed by atoms with Gasteiger partial charge in [0.1, 0.15) is 0 Å². The largest absolute Gasteiger partial charge is 0.378 e. The van der Waals surface area contributed by atoms with Crippen LogP contribution in [0.4, 0.5) is 0 Å². The van der Waals surface area contributed by atoms with E-state index in [1.807, 2.05) is 36.9 Å². The van der Waals surface area contributed by atoms with Gasteiger partial charge in [-0.05, 0) is 25.5 Å². The van der Waals surface area contributed by atoms with E-state index in [0.717, 1.165) is 6.42 Å². The second-order valence-electron chi connectivity index (χ2n) is 6.13. The van der Waals surface area contributed by atoms with E-state index in [-0.39, 0.29) is 23.3 Å². The van der Waals surface area contributed by atoms with Crippen LogP contribution in [0.3, 0.4) is 0 Å². The van der Waals surface area contributed by atoms with Gasteiger partial charge in [-0.3, -0.25) is 14.2 Å². The molecule has 1 saturated heterocycles. The molecule has 134 valence electrons. The minimum atomic E-state index is -0.0405. The topological polar surface area (TPSA) is 64.4 Å². The first-order chi connectivity index (χ1) is 12.1. The average Bonchev–Trinajstić information content (AvgIpc) is 2.66. The maximum atomic E-state index is 12.9. The summed E-state index contributed by atoms with van der Waals surface area (Å²) in [4.78, 5) is 31.8. The molecule has 1 aromatic carbocycles. The molecule has 1 aliphatic heterocycles. The third kappa shape index (κ3) is 3.88. The molecule has 0 radical (unpaired) electrons. The summed E-state index contributed by atoms with van der Waals surface area (Å²) in [5.74, 6) is 0.340. The first-order valence-corrected chi connectivity index (χ1v) is 9.60. The summed E-state index contributed by atoms with van der Waals surface area (Å²) in [7, 11) is 0. The predicted molar refractivity (Wildman–Crippen MR) is 99.1 cm³/mol. The van der Waals surface area contributed by atoms with E-state index in [9.17, 15) is 9.59 Å². The zero-order chi connectivity index (χ0) is 17.8. The van der Waals surface area contributed by atoms with E-state index in [4.69, 9.17) is 4.74 Å². The van der Waals surface area contributed by atoms with Gasteiger partial charge in [-0.15, -0.1) is 0 Å². The van der Waals surface area contributed by atoms with Gasteiger partial charge in [0.2, 0.25) is 5.91 Å².